The zero-order valence-electron chi connectivity index (χ0n) is 28.5. The molecule has 2 heterocycles. The molecule has 0 aliphatic rings. The number of aryl methyl sites for hydroxylation is 2. The van der Waals surface area contributed by atoms with Crippen molar-refractivity contribution in [3.63, 3.8) is 0 Å². The van der Waals surface area contributed by atoms with Crippen LogP contribution in [0.1, 0.15) is 205 Å². The predicted molar refractivity (Wildman–Crippen MR) is 192 cm³/mol. The van der Waals surface area contributed by atoms with Crippen LogP contribution in [0, 0.1) is 0 Å². The van der Waals surface area contributed by atoms with Gasteiger partial charge in [-0.25, -0.2) is 0 Å². The van der Waals surface area contributed by atoms with Gasteiger partial charge in [-0.15, -0.1) is 11.3 Å². The van der Waals surface area contributed by atoms with Gasteiger partial charge in [0.1, 0.15) is 0 Å². The van der Waals surface area contributed by atoms with Gasteiger partial charge in [0.15, 0.2) is 0 Å². The van der Waals surface area contributed by atoms with Gasteiger partial charge < -0.3 is 4.57 Å². The molecule has 0 atom stereocenters. The maximum Gasteiger partial charge on any atom is 0.0994 e. The lowest BCUT2D eigenvalue weighted by Crippen LogP contribution is -2.03. The summed E-state index contributed by atoms with van der Waals surface area (Å²) < 4.78 is 2.61. The van der Waals surface area contributed by atoms with Crippen LogP contribution < -0.4 is 0 Å². The number of unbranched alkanes of at least 4 members (excludes halogenated alkanes) is 26. The minimum atomic E-state index is 1.23. The Morgan fingerprint density at radius 3 is 1.00 bits per heavy atom. The lowest BCUT2D eigenvalue weighted by Gasteiger charge is -2.12. The van der Waals surface area contributed by atoms with E-state index in [-0.39, 0.29) is 0 Å². The molecule has 0 saturated heterocycles. The van der Waals surface area contributed by atoms with E-state index in [9.17, 15) is 0 Å². The van der Waals surface area contributed by atoms with E-state index < -0.39 is 0 Å². The molecule has 2 aromatic heterocycles. The van der Waals surface area contributed by atoms with Crippen molar-refractivity contribution in [2.75, 3.05) is 0 Å². The molecule has 242 valence electrons. The Balaban J connectivity index is 1.51. The molecule has 0 unspecified atom stereocenters. The largest absolute Gasteiger partial charge is 0.309 e. The van der Waals surface area contributed by atoms with E-state index in [1.807, 2.05) is 11.3 Å². The first-order valence-corrected chi connectivity index (χ1v) is 20.0. The Labute approximate surface area is 267 Å². The number of hydrogen-bond donors (Lipinski definition) is 0. The number of nitrogens with zero attached hydrogens (tertiary/aromatic N) is 1. The summed E-state index contributed by atoms with van der Waals surface area (Å²) in [5.41, 5.74) is 3.08. The molecule has 0 fully saturated rings. The standard InChI is InChI=1S/C40H71NS/c1-3-5-7-9-11-13-15-17-19-21-23-25-27-29-32-38-35-36-39(41(38)40-34-31-37-42-40)33-30-28-26-24-22-20-18-16-14-12-10-8-6-4-2/h31,34-37H,3-30,32-33H2,1-2H3. The summed E-state index contributed by atoms with van der Waals surface area (Å²) in [5, 5.41) is 3.66. The number of aromatic nitrogens is 1. The van der Waals surface area contributed by atoms with Crippen molar-refractivity contribution in [3.05, 3.63) is 41.0 Å². The summed E-state index contributed by atoms with van der Waals surface area (Å²) >= 11 is 1.90. The summed E-state index contributed by atoms with van der Waals surface area (Å²) in [6.07, 6.45) is 42.6. The van der Waals surface area contributed by atoms with E-state index in [0.29, 0.717) is 0 Å². The highest BCUT2D eigenvalue weighted by Crippen LogP contribution is 2.25. The second kappa shape index (κ2) is 27.5. The molecule has 42 heavy (non-hydrogen) atoms. The van der Waals surface area contributed by atoms with Crippen molar-refractivity contribution in [1.29, 1.82) is 0 Å². The van der Waals surface area contributed by atoms with E-state index in [0.717, 1.165) is 0 Å². The molecule has 0 radical (unpaired) electrons. The Kier molecular flexibility index (Phi) is 24.4. The third-order valence-electron chi connectivity index (χ3n) is 9.34. The van der Waals surface area contributed by atoms with Crippen LogP contribution in [0.3, 0.4) is 0 Å². The van der Waals surface area contributed by atoms with Crippen molar-refractivity contribution in [2.24, 2.45) is 0 Å². The second-order valence-corrected chi connectivity index (χ2v) is 14.2. The minimum Gasteiger partial charge on any atom is -0.309 e. The van der Waals surface area contributed by atoms with E-state index in [1.54, 1.807) is 0 Å². The normalized spacial score (nSPS) is 11.6. The van der Waals surface area contributed by atoms with E-state index in [2.05, 4.69) is 48.1 Å². The fraction of sp³-hybridized carbons (Fsp3) is 0.800. The maximum atomic E-state index is 2.61. The fourth-order valence-corrected chi connectivity index (χ4v) is 7.39. The van der Waals surface area contributed by atoms with Gasteiger partial charge in [0, 0.05) is 11.4 Å². The van der Waals surface area contributed by atoms with Gasteiger partial charge in [-0.1, -0.05) is 181 Å². The molecule has 0 bridgehead atoms. The summed E-state index contributed by atoms with van der Waals surface area (Å²) in [6, 6.07) is 9.39. The summed E-state index contributed by atoms with van der Waals surface area (Å²) in [6.45, 7) is 4.61. The van der Waals surface area contributed by atoms with Crippen LogP contribution in [-0.2, 0) is 12.8 Å². The molecule has 0 amide bonds. The quantitative estimate of drug-likeness (QED) is 0.0762. The first kappa shape index (κ1) is 37.2. The number of thiophene rings is 1. The number of hydrogen-bond acceptors (Lipinski definition) is 1. The van der Waals surface area contributed by atoms with Crippen LogP contribution in [-0.4, -0.2) is 4.57 Å². The Morgan fingerprint density at radius 1 is 0.405 bits per heavy atom. The Bertz CT molecular complexity index is 754. The molecular formula is C40H71NS. The molecule has 2 rings (SSSR count). The van der Waals surface area contributed by atoms with E-state index in [1.165, 1.54) is 209 Å². The molecule has 0 N–H and O–H groups in total. The molecule has 2 aromatic rings. The third-order valence-corrected chi connectivity index (χ3v) is 10.2. The highest BCUT2D eigenvalue weighted by molar-refractivity contribution is 7.12. The molecule has 0 spiro atoms. The smallest absolute Gasteiger partial charge is 0.0994 e. The van der Waals surface area contributed by atoms with Crippen molar-refractivity contribution in [1.82, 2.24) is 4.57 Å². The second-order valence-electron chi connectivity index (χ2n) is 13.3. The zero-order chi connectivity index (χ0) is 29.8. The highest BCUT2D eigenvalue weighted by atomic mass is 32.1. The number of rotatable bonds is 31. The topological polar surface area (TPSA) is 4.93 Å². The predicted octanol–water partition coefficient (Wildman–Crippen LogP) is 14.6. The van der Waals surface area contributed by atoms with Gasteiger partial charge in [-0.2, -0.15) is 0 Å². The first-order valence-electron chi connectivity index (χ1n) is 19.1. The molecule has 0 aromatic carbocycles. The van der Waals surface area contributed by atoms with Gasteiger partial charge in [-0.05, 0) is 55.3 Å². The summed E-state index contributed by atoms with van der Waals surface area (Å²) in [7, 11) is 0. The Morgan fingerprint density at radius 2 is 0.714 bits per heavy atom. The molecular weight excluding hydrogens is 527 g/mol. The van der Waals surface area contributed by atoms with E-state index in [4.69, 9.17) is 0 Å². The summed E-state index contributed by atoms with van der Waals surface area (Å²) in [5.74, 6) is 0. The zero-order valence-corrected chi connectivity index (χ0v) is 29.3. The van der Waals surface area contributed by atoms with Crippen molar-refractivity contribution < 1.29 is 0 Å². The van der Waals surface area contributed by atoms with Crippen molar-refractivity contribution >= 4 is 11.3 Å². The van der Waals surface area contributed by atoms with Crippen LogP contribution in [0.4, 0.5) is 0 Å². The van der Waals surface area contributed by atoms with Crippen LogP contribution >= 0.6 is 11.3 Å². The van der Waals surface area contributed by atoms with Crippen LogP contribution in [0.15, 0.2) is 29.6 Å². The van der Waals surface area contributed by atoms with Gasteiger partial charge in [0.2, 0.25) is 0 Å². The van der Waals surface area contributed by atoms with Gasteiger partial charge in [0.25, 0.3) is 0 Å². The average Bonchev–Trinajstić information content (AvgIpc) is 3.67. The lowest BCUT2D eigenvalue weighted by atomic mass is 10.0. The van der Waals surface area contributed by atoms with E-state index >= 15 is 0 Å². The van der Waals surface area contributed by atoms with Gasteiger partial charge in [0.05, 0.1) is 5.00 Å². The van der Waals surface area contributed by atoms with Crippen LogP contribution in [0.25, 0.3) is 5.00 Å². The first-order chi connectivity index (χ1) is 20.9. The summed E-state index contributed by atoms with van der Waals surface area (Å²) in [4.78, 5) is 0. The minimum absolute atomic E-state index is 1.23. The SMILES string of the molecule is CCCCCCCCCCCCCCCCc1ccc(CCCCCCCCCCCCCCCC)n1-c1cccs1. The van der Waals surface area contributed by atoms with Crippen LogP contribution in [0.2, 0.25) is 0 Å². The average molecular weight is 598 g/mol. The monoisotopic (exact) mass is 598 g/mol. The fourth-order valence-electron chi connectivity index (χ4n) is 6.60. The molecule has 2 heteroatoms. The lowest BCUT2D eigenvalue weighted by molar-refractivity contribution is 0.533. The van der Waals surface area contributed by atoms with Gasteiger partial charge >= 0.3 is 0 Å². The van der Waals surface area contributed by atoms with Crippen molar-refractivity contribution in [2.45, 2.75) is 206 Å². The molecule has 0 aliphatic carbocycles. The van der Waals surface area contributed by atoms with Crippen molar-refractivity contribution in [3.8, 4) is 5.00 Å². The van der Waals surface area contributed by atoms with Crippen LogP contribution in [0.5, 0.6) is 0 Å². The highest BCUT2D eigenvalue weighted by Gasteiger charge is 2.11. The maximum absolute atomic E-state index is 2.61. The molecule has 0 aliphatic heterocycles. The third kappa shape index (κ3) is 18.6. The Hall–Kier alpha value is -1.02. The molecule has 0 saturated carbocycles. The molecule has 1 nitrogen and oxygen atoms in total. The van der Waals surface area contributed by atoms with Gasteiger partial charge in [-0.3, -0.25) is 0 Å².